The van der Waals surface area contributed by atoms with Crippen LogP contribution in [0.3, 0.4) is 0 Å². The van der Waals surface area contributed by atoms with E-state index in [2.05, 4.69) is 20.2 Å². The van der Waals surface area contributed by atoms with Gasteiger partial charge in [0.2, 0.25) is 0 Å². The van der Waals surface area contributed by atoms with Gasteiger partial charge in [0.15, 0.2) is 5.76 Å². The summed E-state index contributed by atoms with van der Waals surface area (Å²) in [5, 5.41) is 3.43. The van der Waals surface area contributed by atoms with Gasteiger partial charge in [-0.1, -0.05) is 0 Å². The van der Waals surface area contributed by atoms with Gasteiger partial charge < -0.3 is 24.4 Å². The molecule has 8 heteroatoms. The smallest absolute Gasteiger partial charge is 0.158 e. The minimum atomic E-state index is -0.0414. The molecule has 3 heterocycles. The van der Waals surface area contributed by atoms with Gasteiger partial charge in [-0.05, 0) is 49.7 Å². The third kappa shape index (κ3) is 5.13. The lowest BCUT2D eigenvalue weighted by molar-refractivity contribution is 0.0370. The molecule has 0 bridgehead atoms. The first-order valence-electron chi connectivity index (χ1n) is 12.5. The van der Waals surface area contributed by atoms with Crippen LogP contribution in [0.1, 0.15) is 39.0 Å². The number of halogens is 1. The number of nitrogens with zero attached hydrogens (tertiary/aromatic N) is 3. The van der Waals surface area contributed by atoms with Crippen LogP contribution < -0.4 is 5.32 Å². The molecule has 0 aromatic carbocycles. The molecule has 7 nitrogen and oxygen atoms in total. The average Bonchev–Trinajstić information content (AvgIpc) is 3.27. The Hall–Kier alpha value is -2.45. The quantitative estimate of drug-likeness (QED) is 0.568. The summed E-state index contributed by atoms with van der Waals surface area (Å²) in [6.45, 7) is 7.66. The average molecular weight is 471 g/mol. The van der Waals surface area contributed by atoms with Crippen molar-refractivity contribution in [3.8, 4) is 0 Å². The van der Waals surface area contributed by atoms with Gasteiger partial charge in [-0.25, -0.2) is 14.4 Å². The predicted molar refractivity (Wildman–Crippen MR) is 130 cm³/mol. The number of allylic oxidation sites excluding steroid dienone is 6. The normalized spacial score (nSPS) is 29.3. The predicted octanol–water partition coefficient (Wildman–Crippen LogP) is 4.07. The molecule has 3 aliphatic heterocycles. The Morgan fingerprint density at radius 3 is 2.94 bits per heavy atom. The summed E-state index contributed by atoms with van der Waals surface area (Å²) in [6.07, 6.45) is 9.25. The monoisotopic (exact) mass is 470 g/mol. The van der Waals surface area contributed by atoms with Gasteiger partial charge in [0, 0.05) is 50.9 Å². The number of methoxy groups -OCH3 is 1. The molecule has 3 atom stereocenters. The van der Waals surface area contributed by atoms with Crippen molar-refractivity contribution in [2.75, 3.05) is 46.6 Å². The fourth-order valence-electron chi connectivity index (χ4n) is 5.54. The largest absolute Gasteiger partial charge is 0.494 e. The summed E-state index contributed by atoms with van der Waals surface area (Å²) in [6, 6.07) is 0. The highest BCUT2D eigenvalue weighted by molar-refractivity contribution is 5.96. The van der Waals surface area contributed by atoms with Crippen LogP contribution in [0.15, 0.2) is 56.4 Å². The number of amidine groups is 1. The van der Waals surface area contributed by atoms with E-state index in [0.29, 0.717) is 37.4 Å². The molecule has 3 unspecified atom stereocenters. The van der Waals surface area contributed by atoms with E-state index in [0.717, 1.165) is 67.4 Å². The first-order chi connectivity index (χ1) is 16.6. The Labute approximate surface area is 201 Å². The lowest BCUT2D eigenvalue weighted by atomic mass is 9.92. The van der Waals surface area contributed by atoms with Crippen LogP contribution in [0, 0.1) is 17.8 Å². The molecule has 184 valence electrons. The highest BCUT2D eigenvalue weighted by atomic mass is 19.1. The Morgan fingerprint density at radius 2 is 2.12 bits per heavy atom. The van der Waals surface area contributed by atoms with Crippen LogP contribution in [0.4, 0.5) is 4.39 Å². The van der Waals surface area contributed by atoms with Gasteiger partial charge >= 0.3 is 0 Å². The van der Waals surface area contributed by atoms with Crippen molar-refractivity contribution in [2.24, 2.45) is 27.7 Å². The van der Waals surface area contributed by atoms with E-state index in [9.17, 15) is 4.39 Å². The third-order valence-corrected chi connectivity index (χ3v) is 7.49. The topological polar surface area (TPSA) is 67.7 Å². The van der Waals surface area contributed by atoms with Crippen molar-refractivity contribution in [3.63, 3.8) is 0 Å². The van der Waals surface area contributed by atoms with Crippen molar-refractivity contribution in [1.82, 2.24) is 10.2 Å². The van der Waals surface area contributed by atoms with E-state index in [1.165, 1.54) is 13.0 Å². The van der Waals surface area contributed by atoms with Crippen molar-refractivity contribution >= 4 is 12.2 Å². The highest BCUT2D eigenvalue weighted by Gasteiger charge is 2.35. The van der Waals surface area contributed by atoms with Crippen LogP contribution >= 0.6 is 0 Å². The molecule has 5 aliphatic rings. The second kappa shape index (κ2) is 10.4. The van der Waals surface area contributed by atoms with Crippen molar-refractivity contribution in [3.05, 3.63) is 46.5 Å². The number of ether oxygens (including phenoxy) is 3. The molecule has 0 radical (unpaired) electrons. The summed E-state index contributed by atoms with van der Waals surface area (Å²) in [4.78, 5) is 11.5. The van der Waals surface area contributed by atoms with E-state index in [1.807, 2.05) is 12.2 Å². The summed E-state index contributed by atoms with van der Waals surface area (Å²) < 4.78 is 31.3. The number of nitrogens with one attached hydrogen (secondary N) is 1. The van der Waals surface area contributed by atoms with Gasteiger partial charge in [-0.2, -0.15) is 0 Å². The Bertz CT molecular complexity index is 967. The SMILES string of the molecule is COC1=C(OCCCN2CC3CCOCC3C2)CC2C(=C1)N=CN=C2NC1=CC(C)=C(F)CC1. The highest BCUT2D eigenvalue weighted by Crippen LogP contribution is 2.34. The number of fused-ring (bicyclic) bond motifs is 2. The molecule has 1 N–H and O–H groups in total. The molecule has 2 aliphatic carbocycles. The minimum absolute atomic E-state index is 0.0300. The molecular formula is C26H35FN4O3. The van der Waals surface area contributed by atoms with Crippen LogP contribution in [-0.4, -0.2) is 63.6 Å². The zero-order valence-corrected chi connectivity index (χ0v) is 20.2. The number of aliphatic imine (C=N–C) groups is 2. The molecule has 0 spiro atoms. The Kier molecular flexibility index (Phi) is 7.15. The number of likely N-dealkylation sites (tertiary alicyclic amines) is 1. The van der Waals surface area contributed by atoms with E-state index in [-0.39, 0.29) is 11.7 Å². The first kappa shape index (κ1) is 23.3. The summed E-state index contributed by atoms with van der Waals surface area (Å²) in [5.41, 5.74) is 2.56. The fraction of sp³-hybridized carbons (Fsp3) is 0.615. The molecule has 0 saturated carbocycles. The molecule has 34 heavy (non-hydrogen) atoms. The van der Waals surface area contributed by atoms with Crippen molar-refractivity contribution in [2.45, 2.75) is 39.0 Å². The maximum atomic E-state index is 13.8. The molecule has 5 rings (SSSR count). The maximum absolute atomic E-state index is 13.8. The molecule has 0 amide bonds. The van der Waals surface area contributed by atoms with E-state index >= 15 is 0 Å². The second-order valence-corrected chi connectivity index (χ2v) is 9.80. The van der Waals surface area contributed by atoms with Crippen LogP contribution in [0.5, 0.6) is 0 Å². The number of rotatable bonds is 7. The molecule has 0 aromatic heterocycles. The maximum Gasteiger partial charge on any atom is 0.158 e. The third-order valence-electron chi connectivity index (χ3n) is 7.49. The van der Waals surface area contributed by atoms with Gasteiger partial charge in [0.05, 0.1) is 31.9 Å². The number of hydrogen-bond donors (Lipinski definition) is 1. The summed E-state index contributed by atoms with van der Waals surface area (Å²) in [5.74, 6) is 3.81. The van der Waals surface area contributed by atoms with Crippen LogP contribution in [-0.2, 0) is 14.2 Å². The zero-order chi connectivity index (χ0) is 23.5. The first-order valence-corrected chi connectivity index (χ1v) is 12.5. The molecule has 0 aromatic rings. The fourth-order valence-corrected chi connectivity index (χ4v) is 5.54. The standard InChI is InChI=1S/C26H35FN4O3/c1-17-10-20(4-5-22(17)27)30-26-21-11-25(24(32-2)12-23(21)28-16-29-26)34-8-3-7-31-13-18-6-9-33-15-19(18)14-31/h10,12,16,18-19,21H,3-9,11,13-15H2,1-2H3,(H,28,29,30). The number of hydrogen-bond acceptors (Lipinski definition) is 7. The van der Waals surface area contributed by atoms with Crippen LogP contribution in [0.25, 0.3) is 0 Å². The lowest BCUT2D eigenvalue weighted by Crippen LogP contribution is -2.35. The molecule has 2 fully saturated rings. The lowest BCUT2D eigenvalue weighted by Gasteiger charge is -2.29. The zero-order valence-electron chi connectivity index (χ0n) is 20.2. The second-order valence-electron chi connectivity index (χ2n) is 9.80. The Morgan fingerprint density at radius 1 is 1.24 bits per heavy atom. The van der Waals surface area contributed by atoms with E-state index in [1.54, 1.807) is 20.4 Å². The van der Waals surface area contributed by atoms with Crippen molar-refractivity contribution in [1.29, 1.82) is 0 Å². The van der Waals surface area contributed by atoms with Gasteiger partial charge in [-0.15, -0.1) is 0 Å². The van der Waals surface area contributed by atoms with Gasteiger partial charge in [0.1, 0.15) is 23.8 Å². The molecular weight excluding hydrogens is 435 g/mol. The summed E-state index contributed by atoms with van der Waals surface area (Å²) in [7, 11) is 1.67. The van der Waals surface area contributed by atoms with E-state index in [4.69, 9.17) is 14.2 Å². The summed E-state index contributed by atoms with van der Waals surface area (Å²) >= 11 is 0. The van der Waals surface area contributed by atoms with Crippen molar-refractivity contribution < 1.29 is 18.6 Å². The molecule has 2 saturated heterocycles. The minimum Gasteiger partial charge on any atom is -0.494 e. The van der Waals surface area contributed by atoms with E-state index < -0.39 is 0 Å². The van der Waals surface area contributed by atoms with Crippen LogP contribution in [0.2, 0.25) is 0 Å². The Balaban J connectivity index is 1.17. The van der Waals surface area contributed by atoms with Gasteiger partial charge in [-0.3, -0.25) is 0 Å². The van der Waals surface area contributed by atoms with Gasteiger partial charge in [0.25, 0.3) is 0 Å².